The lowest BCUT2D eigenvalue weighted by atomic mass is 10.1. The number of ether oxygens (including phenoxy) is 1. The minimum atomic E-state index is -3.28. The fourth-order valence-corrected chi connectivity index (χ4v) is 2.69. The molecule has 0 spiro atoms. The van der Waals surface area contributed by atoms with Crippen LogP contribution in [0.4, 0.5) is 0 Å². The Labute approximate surface area is 115 Å². The number of likely N-dealkylation sites (N-methyl/N-ethyl adjacent to an activating group) is 1. The van der Waals surface area contributed by atoms with Gasteiger partial charge in [0, 0.05) is 19.7 Å². The Hall–Kier alpha value is -0.950. The van der Waals surface area contributed by atoms with E-state index in [0.717, 1.165) is 5.56 Å². The van der Waals surface area contributed by atoms with E-state index in [1.54, 1.807) is 0 Å². The molecule has 0 saturated heterocycles. The summed E-state index contributed by atoms with van der Waals surface area (Å²) in [4.78, 5) is 1.99. The van der Waals surface area contributed by atoms with Gasteiger partial charge in [-0.1, -0.05) is 30.3 Å². The van der Waals surface area contributed by atoms with E-state index in [1.807, 2.05) is 49.3 Å². The van der Waals surface area contributed by atoms with Crippen LogP contribution in [-0.2, 0) is 14.8 Å². The van der Waals surface area contributed by atoms with Crippen LogP contribution in [0.15, 0.2) is 30.3 Å². The minimum absolute atomic E-state index is 0.0125. The van der Waals surface area contributed by atoms with Crippen molar-refractivity contribution in [3.63, 3.8) is 0 Å². The largest absolute Gasteiger partial charge is 0.384 e. The smallest absolute Gasteiger partial charge is 0.213 e. The average molecular weight is 286 g/mol. The first-order chi connectivity index (χ1) is 8.96. The van der Waals surface area contributed by atoms with Crippen molar-refractivity contribution >= 4 is 10.0 Å². The van der Waals surface area contributed by atoms with E-state index in [-0.39, 0.29) is 18.4 Å². The van der Waals surface area contributed by atoms with Gasteiger partial charge in [-0.25, -0.2) is 13.1 Å². The fraction of sp³-hybridized carbons (Fsp3) is 0.538. The van der Waals surface area contributed by atoms with E-state index in [0.29, 0.717) is 6.54 Å². The first-order valence-corrected chi connectivity index (χ1v) is 7.79. The highest BCUT2D eigenvalue weighted by atomic mass is 32.2. The molecule has 0 aliphatic heterocycles. The Morgan fingerprint density at radius 1 is 1.26 bits per heavy atom. The number of hydrogen-bond donors (Lipinski definition) is 1. The van der Waals surface area contributed by atoms with Gasteiger partial charge in [0.15, 0.2) is 0 Å². The van der Waals surface area contributed by atoms with Crippen LogP contribution in [0.1, 0.15) is 11.6 Å². The van der Waals surface area contributed by atoms with E-state index >= 15 is 0 Å². The van der Waals surface area contributed by atoms with E-state index < -0.39 is 10.0 Å². The molecule has 5 nitrogen and oxygen atoms in total. The second-order valence-electron chi connectivity index (χ2n) is 4.55. The van der Waals surface area contributed by atoms with Crippen LogP contribution in [0.5, 0.6) is 0 Å². The van der Waals surface area contributed by atoms with Gasteiger partial charge in [0.25, 0.3) is 0 Å². The number of methoxy groups -OCH3 is 1. The zero-order chi connectivity index (χ0) is 14.3. The summed E-state index contributed by atoms with van der Waals surface area (Å²) in [5.74, 6) is -0.0154. The Morgan fingerprint density at radius 2 is 1.89 bits per heavy atom. The fourth-order valence-electron chi connectivity index (χ4n) is 1.74. The summed E-state index contributed by atoms with van der Waals surface area (Å²) in [6.45, 7) is 0.552. The molecule has 19 heavy (non-hydrogen) atoms. The first-order valence-electron chi connectivity index (χ1n) is 6.14. The topological polar surface area (TPSA) is 58.6 Å². The van der Waals surface area contributed by atoms with Crippen LogP contribution in [0.2, 0.25) is 0 Å². The molecule has 1 unspecified atom stereocenters. The van der Waals surface area contributed by atoms with Crippen molar-refractivity contribution < 1.29 is 13.2 Å². The summed E-state index contributed by atoms with van der Waals surface area (Å²) in [5, 5.41) is 0. The maximum Gasteiger partial charge on any atom is 0.213 e. The summed E-state index contributed by atoms with van der Waals surface area (Å²) in [5.41, 5.74) is 1.09. The quantitative estimate of drug-likeness (QED) is 0.770. The van der Waals surface area contributed by atoms with Crippen molar-refractivity contribution in [2.24, 2.45) is 0 Å². The standard InChI is InChI=1S/C13H22N2O3S/c1-15(2)13(12-7-5-4-6-8-12)11-14-19(16,17)10-9-18-3/h4-8,13-14H,9-11H2,1-3H3. The predicted molar refractivity (Wildman–Crippen MR) is 76.5 cm³/mol. The number of hydrogen-bond acceptors (Lipinski definition) is 4. The molecule has 0 fully saturated rings. The maximum absolute atomic E-state index is 11.7. The lowest BCUT2D eigenvalue weighted by Gasteiger charge is -2.25. The van der Waals surface area contributed by atoms with Crippen molar-refractivity contribution in [3.8, 4) is 0 Å². The van der Waals surface area contributed by atoms with Crippen LogP contribution in [0, 0.1) is 0 Å². The predicted octanol–water partition coefficient (Wildman–Crippen LogP) is 0.855. The van der Waals surface area contributed by atoms with Crippen LogP contribution in [0.25, 0.3) is 0 Å². The lowest BCUT2D eigenvalue weighted by molar-refractivity contribution is 0.216. The second kappa shape index (κ2) is 7.59. The SMILES string of the molecule is COCCS(=O)(=O)NCC(c1ccccc1)N(C)C. The highest BCUT2D eigenvalue weighted by Gasteiger charge is 2.17. The van der Waals surface area contributed by atoms with E-state index in [4.69, 9.17) is 4.74 Å². The first kappa shape index (κ1) is 16.1. The van der Waals surface area contributed by atoms with Crippen molar-refractivity contribution in [1.29, 1.82) is 0 Å². The van der Waals surface area contributed by atoms with Crippen molar-refractivity contribution in [3.05, 3.63) is 35.9 Å². The van der Waals surface area contributed by atoms with E-state index in [2.05, 4.69) is 4.72 Å². The molecule has 0 heterocycles. The van der Waals surface area contributed by atoms with Gasteiger partial charge in [0.05, 0.1) is 12.4 Å². The molecular formula is C13H22N2O3S. The molecule has 1 N–H and O–H groups in total. The molecule has 1 aromatic rings. The number of sulfonamides is 1. The molecule has 0 radical (unpaired) electrons. The molecule has 0 aromatic heterocycles. The Bertz CT molecular complexity index is 460. The molecule has 0 saturated carbocycles. The summed E-state index contributed by atoms with van der Waals surface area (Å²) in [6, 6.07) is 9.84. The third kappa shape index (κ3) is 5.69. The van der Waals surface area contributed by atoms with Crippen LogP contribution in [-0.4, -0.2) is 53.4 Å². The summed E-state index contributed by atoms with van der Waals surface area (Å²) < 4.78 is 30.9. The van der Waals surface area contributed by atoms with Crippen LogP contribution >= 0.6 is 0 Å². The monoisotopic (exact) mass is 286 g/mol. The minimum Gasteiger partial charge on any atom is -0.384 e. The van der Waals surface area contributed by atoms with Gasteiger partial charge >= 0.3 is 0 Å². The highest BCUT2D eigenvalue weighted by Crippen LogP contribution is 2.16. The van der Waals surface area contributed by atoms with Crippen molar-refractivity contribution in [2.75, 3.05) is 40.1 Å². The summed E-state index contributed by atoms with van der Waals surface area (Å²) in [7, 11) is 2.07. The Balaban J connectivity index is 2.66. The summed E-state index contributed by atoms with van der Waals surface area (Å²) >= 11 is 0. The van der Waals surface area contributed by atoms with E-state index in [1.165, 1.54) is 7.11 Å². The van der Waals surface area contributed by atoms with Crippen LogP contribution < -0.4 is 4.72 Å². The van der Waals surface area contributed by atoms with Gasteiger partial charge in [-0.3, -0.25) is 0 Å². The van der Waals surface area contributed by atoms with Gasteiger partial charge in [-0.2, -0.15) is 0 Å². The zero-order valence-corrected chi connectivity index (χ0v) is 12.5. The molecule has 6 heteroatoms. The second-order valence-corrected chi connectivity index (χ2v) is 6.48. The van der Waals surface area contributed by atoms with Gasteiger partial charge < -0.3 is 9.64 Å². The molecule has 1 atom stereocenters. The molecule has 108 valence electrons. The maximum atomic E-state index is 11.7. The Morgan fingerprint density at radius 3 is 2.42 bits per heavy atom. The van der Waals surface area contributed by atoms with E-state index in [9.17, 15) is 8.42 Å². The Kier molecular flexibility index (Phi) is 6.44. The zero-order valence-electron chi connectivity index (χ0n) is 11.7. The number of rotatable bonds is 8. The summed E-state index contributed by atoms with van der Waals surface area (Å²) in [6.07, 6.45) is 0. The average Bonchev–Trinajstić information content (AvgIpc) is 2.37. The third-order valence-corrected chi connectivity index (χ3v) is 4.17. The number of benzene rings is 1. The molecule has 1 aromatic carbocycles. The highest BCUT2D eigenvalue weighted by molar-refractivity contribution is 7.89. The van der Waals surface area contributed by atoms with Crippen molar-refractivity contribution in [2.45, 2.75) is 6.04 Å². The van der Waals surface area contributed by atoms with Crippen molar-refractivity contribution in [1.82, 2.24) is 9.62 Å². The molecule has 0 amide bonds. The third-order valence-electron chi connectivity index (χ3n) is 2.86. The number of nitrogens with one attached hydrogen (secondary N) is 1. The molecule has 1 rings (SSSR count). The van der Waals surface area contributed by atoms with Gasteiger partial charge in [-0.05, 0) is 19.7 Å². The van der Waals surface area contributed by atoms with Gasteiger partial charge in [-0.15, -0.1) is 0 Å². The normalized spacial score (nSPS) is 13.7. The lowest BCUT2D eigenvalue weighted by Crippen LogP contribution is -2.36. The molecule has 0 bridgehead atoms. The molecular weight excluding hydrogens is 264 g/mol. The van der Waals surface area contributed by atoms with Gasteiger partial charge in [0.1, 0.15) is 0 Å². The molecule has 0 aliphatic rings. The van der Waals surface area contributed by atoms with Gasteiger partial charge in [0.2, 0.25) is 10.0 Å². The van der Waals surface area contributed by atoms with Crippen LogP contribution in [0.3, 0.4) is 0 Å². The number of nitrogens with zero attached hydrogens (tertiary/aromatic N) is 1. The molecule has 0 aliphatic carbocycles.